The van der Waals surface area contributed by atoms with Gasteiger partial charge in [0.15, 0.2) is 0 Å². The Balaban J connectivity index is 2.21. The Bertz CT molecular complexity index is 245. The summed E-state index contributed by atoms with van der Waals surface area (Å²) < 4.78 is 0. The van der Waals surface area contributed by atoms with Crippen molar-refractivity contribution in [2.24, 2.45) is 11.1 Å². The van der Waals surface area contributed by atoms with Crippen LogP contribution in [0.3, 0.4) is 0 Å². The standard InChI is InChI=1S/C14H28N2/c1-13(2)9-4-5-10-14(13,11-15)16(3)12-7-6-8-12/h12H,4-11,15H2,1-3H3. The van der Waals surface area contributed by atoms with E-state index in [0.717, 1.165) is 12.6 Å². The van der Waals surface area contributed by atoms with Gasteiger partial charge in [-0.1, -0.05) is 33.1 Å². The van der Waals surface area contributed by atoms with Crippen LogP contribution in [0.2, 0.25) is 0 Å². The number of rotatable bonds is 3. The highest BCUT2D eigenvalue weighted by Crippen LogP contribution is 2.48. The summed E-state index contributed by atoms with van der Waals surface area (Å²) in [5, 5.41) is 0. The smallest absolute Gasteiger partial charge is 0.0382 e. The van der Waals surface area contributed by atoms with Crippen LogP contribution >= 0.6 is 0 Å². The lowest BCUT2D eigenvalue weighted by Gasteiger charge is -2.58. The molecule has 0 amide bonds. The third-order valence-corrected chi connectivity index (χ3v) is 5.54. The van der Waals surface area contributed by atoms with Crippen molar-refractivity contribution in [3.05, 3.63) is 0 Å². The summed E-state index contributed by atoms with van der Waals surface area (Å²) in [6, 6.07) is 0.806. The Kier molecular flexibility index (Phi) is 3.33. The normalized spacial score (nSPS) is 35.1. The molecule has 2 aliphatic rings. The predicted octanol–water partition coefficient (Wildman–Crippen LogP) is 2.77. The molecule has 0 heterocycles. The zero-order chi connectivity index (χ0) is 11.8. The Morgan fingerprint density at radius 3 is 2.19 bits per heavy atom. The number of nitrogens with zero attached hydrogens (tertiary/aromatic N) is 1. The Hall–Kier alpha value is -0.0800. The highest BCUT2D eigenvalue weighted by molar-refractivity contribution is 5.06. The molecule has 2 saturated carbocycles. The van der Waals surface area contributed by atoms with E-state index in [0.29, 0.717) is 5.41 Å². The van der Waals surface area contributed by atoms with Gasteiger partial charge >= 0.3 is 0 Å². The molecule has 2 aliphatic carbocycles. The van der Waals surface area contributed by atoms with Crippen LogP contribution in [0.25, 0.3) is 0 Å². The summed E-state index contributed by atoms with van der Waals surface area (Å²) in [6.07, 6.45) is 9.55. The van der Waals surface area contributed by atoms with Gasteiger partial charge in [-0.15, -0.1) is 0 Å². The minimum Gasteiger partial charge on any atom is -0.329 e. The first-order valence-corrected chi connectivity index (χ1v) is 6.96. The first-order chi connectivity index (χ1) is 7.53. The van der Waals surface area contributed by atoms with E-state index in [2.05, 4.69) is 25.8 Å². The molecule has 0 aromatic rings. The molecule has 0 aromatic heterocycles. The average molecular weight is 224 g/mol. The minimum atomic E-state index is 0.260. The zero-order valence-electron chi connectivity index (χ0n) is 11.3. The van der Waals surface area contributed by atoms with Gasteiger partial charge in [-0.05, 0) is 38.1 Å². The highest BCUT2D eigenvalue weighted by Gasteiger charge is 2.50. The fraction of sp³-hybridized carbons (Fsp3) is 1.00. The summed E-state index contributed by atoms with van der Waals surface area (Å²) in [4.78, 5) is 2.65. The van der Waals surface area contributed by atoms with E-state index in [9.17, 15) is 0 Å². The van der Waals surface area contributed by atoms with Gasteiger partial charge in [0.1, 0.15) is 0 Å². The van der Waals surface area contributed by atoms with Crippen LogP contribution in [0.1, 0.15) is 58.8 Å². The van der Waals surface area contributed by atoms with Crippen LogP contribution in [0, 0.1) is 5.41 Å². The summed E-state index contributed by atoms with van der Waals surface area (Å²) in [7, 11) is 2.32. The molecule has 94 valence electrons. The van der Waals surface area contributed by atoms with Crippen LogP contribution in [-0.2, 0) is 0 Å². The quantitative estimate of drug-likeness (QED) is 0.798. The van der Waals surface area contributed by atoms with E-state index in [4.69, 9.17) is 5.73 Å². The Labute approximate surface area is 101 Å². The van der Waals surface area contributed by atoms with Crippen molar-refractivity contribution in [1.82, 2.24) is 4.90 Å². The fourth-order valence-corrected chi connectivity index (χ4v) is 3.86. The molecule has 0 saturated heterocycles. The van der Waals surface area contributed by atoms with Crippen molar-refractivity contribution in [1.29, 1.82) is 0 Å². The van der Waals surface area contributed by atoms with E-state index in [-0.39, 0.29) is 5.54 Å². The lowest BCUT2D eigenvalue weighted by molar-refractivity contribution is -0.0681. The van der Waals surface area contributed by atoms with E-state index in [1.54, 1.807) is 0 Å². The minimum absolute atomic E-state index is 0.260. The molecule has 2 nitrogen and oxygen atoms in total. The maximum atomic E-state index is 6.19. The monoisotopic (exact) mass is 224 g/mol. The molecular formula is C14H28N2. The van der Waals surface area contributed by atoms with Gasteiger partial charge < -0.3 is 5.73 Å². The second-order valence-electron chi connectivity index (χ2n) is 6.52. The highest BCUT2D eigenvalue weighted by atomic mass is 15.2. The molecule has 2 heteroatoms. The third-order valence-electron chi connectivity index (χ3n) is 5.54. The number of hydrogen-bond donors (Lipinski definition) is 1. The van der Waals surface area contributed by atoms with Crippen molar-refractivity contribution in [2.75, 3.05) is 13.6 Å². The summed E-state index contributed by atoms with van der Waals surface area (Å²) in [5.74, 6) is 0. The molecule has 1 unspecified atom stereocenters. The van der Waals surface area contributed by atoms with E-state index in [1.165, 1.54) is 44.9 Å². The fourth-order valence-electron chi connectivity index (χ4n) is 3.86. The van der Waals surface area contributed by atoms with E-state index in [1.807, 2.05) is 0 Å². The van der Waals surface area contributed by atoms with Gasteiger partial charge in [0, 0.05) is 18.1 Å². The van der Waals surface area contributed by atoms with Crippen LogP contribution in [-0.4, -0.2) is 30.1 Å². The van der Waals surface area contributed by atoms with Gasteiger partial charge in [-0.25, -0.2) is 0 Å². The lowest BCUT2D eigenvalue weighted by atomic mass is 9.61. The largest absolute Gasteiger partial charge is 0.329 e. The zero-order valence-corrected chi connectivity index (χ0v) is 11.3. The van der Waals surface area contributed by atoms with E-state index < -0.39 is 0 Å². The average Bonchev–Trinajstić information content (AvgIpc) is 2.14. The maximum Gasteiger partial charge on any atom is 0.0382 e. The van der Waals surface area contributed by atoms with Crippen molar-refractivity contribution in [3.63, 3.8) is 0 Å². The summed E-state index contributed by atoms with van der Waals surface area (Å²) in [6.45, 7) is 5.68. The third kappa shape index (κ3) is 1.70. The molecule has 0 aromatic carbocycles. The van der Waals surface area contributed by atoms with Crippen LogP contribution in [0.4, 0.5) is 0 Å². The number of likely N-dealkylation sites (N-methyl/N-ethyl adjacent to an activating group) is 1. The molecule has 0 radical (unpaired) electrons. The molecule has 2 fully saturated rings. The van der Waals surface area contributed by atoms with E-state index >= 15 is 0 Å². The molecule has 0 bridgehead atoms. The second-order valence-corrected chi connectivity index (χ2v) is 6.52. The van der Waals surface area contributed by atoms with Gasteiger partial charge in [0.2, 0.25) is 0 Å². The topological polar surface area (TPSA) is 29.3 Å². The molecule has 2 rings (SSSR count). The van der Waals surface area contributed by atoms with Crippen molar-refractivity contribution >= 4 is 0 Å². The van der Waals surface area contributed by atoms with Crippen LogP contribution in [0.15, 0.2) is 0 Å². The van der Waals surface area contributed by atoms with Crippen molar-refractivity contribution < 1.29 is 0 Å². The lowest BCUT2D eigenvalue weighted by Crippen LogP contribution is -2.65. The van der Waals surface area contributed by atoms with Crippen LogP contribution in [0.5, 0.6) is 0 Å². The maximum absolute atomic E-state index is 6.19. The van der Waals surface area contributed by atoms with Crippen molar-refractivity contribution in [3.8, 4) is 0 Å². The molecule has 16 heavy (non-hydrogen) atoms. The summed E-state index contributed by atoms with van der Waals surface area (Å²) >= 11 is 0. The molecule has 0 aliphatic heterocycles. The van der Waals surface area contributed by atoms with Crippen molar-refractivity contribution in [2.45, 2.75) is 70.4 Å². The van der Waals surface area contributed by atoms with Crippen LogP contribution < -0.4 is 5.73 Å². The molecular weight excluding hydrogens is 196 g/mol. The number of hydrogen-bond acceptors (Lipinski definition) is 2. The van der Waals surface area contributed by atoms with Gasteiger partial charge in [-0.3, -0.25) is 4.90 Å². The predicted molar refractivity (Wildman–Crippen MR) is 69.4 cm³/mol. The van der Waals surface area contributed by atoms with Gasteiger partial charge in [0.25, 0.3) is 0 Å². The second kappa shape index (κ2) is 4.30. The number of nitrogens with two attached hydrogens (primary N) is 1. The summed E-state index contributed by atoms with van der Waals surface area (Å²) in [5.41, 5.74) is 6.83. The van der Waals surface area contributed by atoms with Gasteiger partial charge in [0.05, 0.1) is 0 Å². The first-order valence-electron chi connectivity index (χ1n) is 6.96. The van der Waals surface area contributed by atoms with Gasteiger partial charge in [-0.2, -0.15) is 0 Å². The molecule has 1 atom stereocenters. The first kappa shape index (κ1) is 12.4. The molecule has 2 N–H and O–H groups in total. The molecule has 0 spiro atoms. The Morgan fingerprint density at radius 2 is 1.75 bits per heavy atom. The SMILES string of the molecule is CN(C1CCC1)C1(CN)CCCCC1(C)C. The Morgan fingerprint density at radius 1 is 1.12 bits per heavy atom.